The highest BCUT2D eigenvalue weighted by molar-refractivity contribution is 6.30. The van der Waals surface area contributed by atoms with Crippen molar-refractivity contribution in [1.82, 2.24) is 10.2 Å². The van der Waals surface area contributed by atoms with E-state index in [2.05, 4.69) is 22.1 Å². The molecule has 27 heavy (non-hydrogen) atoms. The number of hydrogen-bond acceptors (Lipinski definition) is 4. The summed E-state index contributed by atoms with van der Waals surface area (Å²) in [6.07, 6.45) is 2.03. The van der Waals surface area contributed by atoms with Gasteiger partial charge in [-0.05, 0) is 38.0 Å². The molecule has 1 aliphatic rings. The second-order valence-electron chi connectivity index (χ2n) is 6.62. The molecule has 1 aromatic carbocycles. The monoisotopic (exact) mass is 397 g/mol. The Morgan fingerprint density at radius 2 is 2.30 bits per heavy atom. The van der Waals surface area contributed by atoms with Crippen molar-refractivity contribution in [2.45, 2.75) is 19.8 Å². The van der Waals surface area contributed by atoms with E-state index in [1.165, 1.54) is 0 Å². The fourth-order valence-corrected chi connectivity index (χ4v) is 2.93. The minimum atomic E-state index is 0.563. The van der Waals surface area contributed by atoms with Crippen LogP contribution in [0.15, 0.2) is 29.3 Å². The third-order valence-corrected chi connectivity index (χ3v) is 4.51. The minimum Gasteiger partial charge on any atom is -0.492 e. The van der Waals surface area contributed by atoms with E-state index in [-0.39, 0.29) is 0 Å². The van der Waals surface area contributed by atoms with Crippen LogP contribution in [-0.4, -0.2) is 70.6 Å². The number of nitrogens with zero attached hydrogens (tertiary/aromatic N) is 2. The van der Waals surface area contributed by atoms with Gasteiger partial charge in [0.2, 0.25) is 0 Å². The summed E-state index contributed by atoms with van der Waals surface area (Å²) in [7, 11) is 2.01. The van der Waals surface area contributed by atoms with Gasteiger partial charge in [-0.15, -0.1) is 0 Å². The first-order valence-corrected chi connectivity index (χ1v) is 10.1. The molecule has 2 rings (SSSR count). The topological polar surface area (TPSA) is 55.3 Å². The minimum absolute atomic E-state index is 0.563. The molecule has 7 heteroatoms. The molecular formula is C20H32ClN3O3. The van der Waals surface area contributed by atoms with Gasteiger partial charge in [0.25, 0.3) is 0 Å². The van der Waals surface area contributed by atoms with Crippen LogP contribution in [0.25, 0.3) is 0 Å². The summed E-state index contributed by atoms with van der Waals surface area (Å²) in [6.45, 7) is 8.18. The Labute approximate surface area is 167 Å². The Balaban J connectivity index is 1.64. The molecule has 1 unspecified atom stereocenters. The number of hydrogen-bond donors (Lipinski definition) is 1. The molecule has 1 N–H and O–H groups in total. The fraction of sp³-hybridized carbons (Fsp3) is 0.650. The normalized spacial score (nSPS) is 17.1. The van der Waals surface area contributed by atoms with Crippen LogP contribution in [0.4, 0.5) is 0 Å². The Morgan fingerprint density at radius 1 is 1.41 bits per heavy atom. The van der Waals surface area contributed by atoms with Gasteiger partial charge in [0, 0.05) is 44.3 Å². The number of guanidine groups is 1. The SMILES string of the molecule is CCNC(=NCCCOCC1CCOC1)N(C)CCOc1cccc(Cl)c1. The highest BCUT2D eigenvalue weighted by Crippen LogP contribution is 2.16. The van der Waals surface area contributed by atoms with Gasteiger partial charge in [0.05, 0.1) is 19.8 Å². The van der Waals surface area contributed by atoms with E-state index >= 15 is 0 Å². The van der Waals surface area contributed by atoms with E-state index in [1.807, 2.05) is 31.3 Å². The van der Waals surface area contributed by atoms with Gasteiger partial charge in [0.1, 0.15) is 12.4 Å². The van der Waals surface area contributed by atoms with Gasteiger partial charge in [-0.3, -0.25) is 4.99 Å². The Bertz CT molecular complexity index is 565. The van der Waals surface area contributed by atoms with Crippen LogP contribution in [-0.2, 0) is 9.47 Å². The first kappa shape index (κ1) is 21.8. The average Bonchev–Trinajstić information content (AvgIpc) is 3.17. The molecule has 1 saturated heterocycles. The van der Waals surface area contributed by atoms with Crippen molar-refractivity contribution in [3.8, 4) is 5.75 Å². The second-order valence-corrected chi connectivity index (χ2v) is 7.06. The molecule has 0 radical (unpaired) electrons. The summed E-state index contributed by atoms with van der Waals surface area (Å²) in [5, 5.41) is 4.00. The van der Waals surface area contributed by atoms with Gasteiger partial charge in [0.15, 0.2) is 5.96 Å². The van der Waals surface area contributed by atoms with Crippen LogP contribution in [0.2, 0.25) is 5.02 Å². The third-order valence-electron chi connectivity index (χ3n) is 4.27. The van der Waals surface area contributed by atoms with Crippen LogP contribution in [0.3, 0.4) is 0 Å². The number of rotatable bonds is 11. The number of ether oxygens (including phenoxy) is 3. The number of halogens is 1. The molecule has 6 nitrogen and oxygen atoms in total. The highest BCUT2D eigenvalue weighted by Gasteiger charge is 2.15. The molecule has 1 heterocycles. The quantitative estimate of drug-likeness (QED) is 0.353. The number of nitrogens with one attached hydrogen (secondary N) is 1. The maximum atomic E-state index is 5.97. The summed E-state index contributed by atoms with van der Waals surface area (Å²) in [6, 6.07) is 7.44. The Hall–Kier alpha value is -1.50. The van der Waals surface area contributed by atoms with Crippen LogP contribution in [0, 0.1) is 5.92 Å². The van der Waals surface area contributed by atoms with Gasteiger partial charge >= 0.3 is 0 Å². The van der Waals surface area contributed by atoms with E-state index in [1.54, 1.807) is 0 Å². The lowest BCUT2D eigenvalue weighted by Gasteiger charge is -2.22. The summed E-state index contributed by atoms with van der Waals surface area (Å²) in [4.78, 5) is 6.75. The van der Waals surface area contributed by atoms with Crippen molar-refractivity contribution in [3.05, 3.63) is 29.3 Å². The number of likely N-dealkylation sites (N-methyl/N-ethyl adjacent to an activating group) is 1. The molecule has 0 spiro atoms. The second kappa shape index (κ2) is 12.8. The summed E-state index contributed by atoms with van der Waals surface area (Å²) in [5.74, 6) is 2.23. The van der Waals surface area contributed by atoms with E-state index < -0.39 is 0 Å². The van der Waals surface area contributed by atoms with Crippen LogP contribution in [0.1, 0.15) is 19.8 Å². The first-order valence-electron chi connectivity index (χ1n) is 9.72. The van der Waals surface area contributed by atoms with Crippen molar-refractivity contribution >= 4 is 17.6 Å². The zero-order chi connectivity index (χ0) is 19.3. The lowest BCUT2D eigenvalue weighted by Crippen LogP contribution is -2.41. The zero-order valence-electron chi connectivity index (χ0n) is 16.5. The molecule has 0 bridgehead atoms. The first-order chi connectivity index (χ1) is 13.2. The van der Waals surface area contributed by atoms with E-state index in [0.29, 0.717) is 17.5 Å². The van der Waals surface area contributed by atoms with Crippen LogP contribution >= 0.6 is 11.6 Å². The molecule has 0 aliphatic carbocycles. The molecule has 152 valence electrons. The molecule has 1 aromatic rings. The molecule has 0 saturated carbocycles. The molecule has 1 aliphatic heterocycles. The maximum Gasteiger partial charge on any atom is 0.193 e. The summed E-state index contributed by atoms with van der Waals surface area (Å²) < 4.78 is 16.8. The standard InChI is InChI=1S/C20H32ClN3O3/c1-3-22-20(23-9-5-11-25-15-17-8-12-26-16-17)24(2)10-13-27-19-7-4-6-18(21)14-19/h4,6-7,14,17H,3,5,8-13,15-16H2,1-2H3,(H,22,23). The predicted octanol–water partition coefficient (Wildman–Crippen LogP) is 3.06. The average molecular weight is 398 g/mol. The molecule has 0 aromatic heterocycles. The molecular weight excluding hydrogens is 366 g/mol. The largest absolute Gasteiger partial charge is 0.492 e. The predicted molar refractivity (Wildman–Crippen MR) is 110 cm³/mol. The summed E-state index contributed by atoms with van der Waals surface area (Å²) in [5.41, 5.74) is 0. The van der Waals surface area contributed by atoms with E-state index in [0.717, 1.165) is 70.6 Å². The van der Waals surface area contributed by atoms with Gasteiger partial charge in [-0.1, -0.05) is 17.7 Å². The molecule has 1 fully saturated rings. The number of benzene rings is 1. The third kappa shape index (κ3) is 8.82. The Kier molecular flexibility index (Phi) is 10.3. The lowest BCUT2D eigenvalue weighted by atomic mass is 10.1. The fourth-order valence-electron chi connectivity index (χ4n) is 2.75. The van der Waals surface area contributed by atoms with Crippen LogP contribution < -0.4 is 10.1 Å². The van der Waals surface area contributed by atoms with Crippen molar-refractivity contribution in [2.75, 3.05) is 59.7 Å². The number of aliphatic imine (C=N–C) groups is 1. The summed E-state index contributed by atoms with van der Waals surface area (Å²) >= 11 is 5.97. The highest BCUT2D eigenvalue weighted by atomic mass is 35.5. The van der Waals surface area contributed by atoms with Crippen molar-refractivity contribution in [1.29, 1.82) is 0 Å². The van der Waals surface area contributed by atoms with E-state index in [9.17, 15) is 0 Å². The van der Waals surface area contributed by atoms with Gasteiger partial charge < -0.3 is 24.4 Å². The lowest BCUT2D eigenvalue weighted by molar-refractivity contribution is 0.0893. The smallest absolute Gasteiger partial charge is 0.193 e. The van der Waals surface area contributed by atoms with Crippen molar-refractivity contribution in [3.63, 3.8) is 0 Å². The molecule has 0 amide bonds. The van der Waals surface area contributed by atoms with Gasteiger partial charge in [-0.2, -0.15) is 0 Å². The van der Waals surface area contributed by atoms with Gasteiger partial charge in [-0.25, -0.2) is 0 Å². The van der Waals surface area contributed by atoms with Crippen molar-refractivity contribution < 1.29 is 14.2 Å². The maximum absolute atomic E-state index is 5.97. The molecule has 1 atom stereocenters. The van der Waals surface area contributed by atoms with Crippen molar-refractivity contribution in [2.24, 2.45) is 10.9 Å². The van der Waals surface area contributed by atoms with Crippen LogP contribution in [0.5, 0.6) is 5.75 Å². The van der Waals surface area contributed by atoms with E-state index in [4.69, 9.17) is 25.8 Å². The zero-order valence-corrected chi connectivity index (χ0v) is 17.2. The Morgan fingerprint density at radius 3 is 3.04 bits per heavy atom.